The number of hydrogen-bond acceptors (Lipinski definition) is 4. The molecule has 0 bridgehead atoms. The van der Waals surface area contributed by atoms with Gasteiger partial charge in [-0.05, 0) is 26.0 Å². The fraction of sp³-hybridized carbons (Fsp3) is 0.208. The Labute approximate surface area is 180 Å². The van der Waals surface area contributed by atoms with Gasteiger partial charge in [-0.15, -0.1) is 11.3 Å². The molecule has 152 valence electrons. The summed E-state index contributed by atoms with van der Waals surface area (Å²) in [5.74, 6) is 0.0474. The molecule has 0 radical (unpaired) electrons. The fourth-order valence-electron chi connectivity index (χ4n) is 3.44. The van der Waals surface area contributed by atoms with Gasteiger partial charge in [-0.1, -0.05) is 48.5 Å². The zero-order valence-corrected chi connectivity index (χ0v) is 18.2. The maximum absolute atomic E-state index is 12.8. The topological polar surface area (TPSA) is 51.0 Å². The lowest BCUT2D eigenvalue weighted by Gasteiger charge is -2.17. The normalized spacial score (nSPS) is 10.9. The van der Waals surface area contributed by atoms with E-state index in [1.165, 1.54) is 0 Å². The maximum atomic E-state index is 12.8. The first-order valence-electron chi connectivity index (χ1n) is 9.87. The summed E-state index contributed by atoms with van der Waals surface area (Å²) < 4.78 is 1.94. The minimum atomic E-state index is 0.0474. The van der Waals surface area contributed by atoms with Gasteiger partial charge < -0.3 is 4.90 Å². The number of thiazole rings is 1. The van der Waals surface area contributed by atoms with E-state index in [0.29, 0.717) is 13.0 Å². The molecule has 0 saturated heterocycles. The molecule has 5 nitrogen and oxygen atoms in total. The Balaban J connectivity index is 1.46. The summed E-state index contributed by atoms with van der Waals surface area (Å²) in [6, 6.07) is 20.1. The van der Waals surface area contributed by atoms with Gasteiger partial charge in [0.05, 0.1) is 23.5 Å². The highest BCUT2D eigenvalue weighted by molar-refractivity contribution is 7.13. The number of carbonyl (C=O) groups is 1. The van der Waals surface area contributed by atoms with Crippen LogP contribution in [0, 0.1) is 13.8 Å². The van der Waals surface area contributed by atoms with Crippen LogP contribution < -0.4 is 0 Å². The van der Waals surface area contributed by atoms with Crippen molar-refractivity contribution in [1.29, 1.82) is 0 Å². The fourth-order valence-corrected chi connectivity index (χ4v) is 4.27. The first-order valence-corrected chi connectivity index (χ1v) is 10.7. The highest BCUT2D eigenvalue weighted by atomic mass is 32.1. The van der Waals surface area contributed by atoms with Crippen molar-refractivity contribution in [3.8, 4) is 16.3 Å². The molecule has 2 aromatic carbocycles. The number of rotatable bonds is 6. The molecule has 1 amide bonds. The van der Waals surface area contributed by atoms with E-state index in [1.54, 1.807) is 16.2 Å². The lowest BCUT2D eigenvalue weighted by Crippen LogP contribution is -2.28. The maximum Gasteiger partial charge on any atom is 0.228 e. The Hall–Kier alpha value is -3.25. The van der Waals surface area contributed by atoms with Crippen LogP contribution in [0.4, 0.5) is 0 Å². The number of benzene rings is 2. The first kappa shape index (κ1) is 20.0. The number of nitrogens with zero attached hydrogens (tertiary/aromatic N) is 4. The van der Waals surface area contributed by atoms with E-state index in [-0.39, 0.29) is 5.91 Å². The minimum Gasteiger partial charge on any atom is -0.341 e. The van der Waals surface area contributed by atoms with E-state index in [9.17, 15) is 4.79 Å². The van der Waals surface area contributed by atoms with Crippen LogP contribution in [0.1, 0.15) is 22.6 Å². The Bertz CT molecular complexity index is 1150. The van der Waals surface area contributed by atoms with Gasteiger partial charge in [0.2, 0.25) is 5.91 Å². The van der Waals surface area contributed by atoms with E-state index in [0.717, 1.165) is 38.9 Å². The molecule has 0 aliphatic carbocycles. The molecule has 0 fully saturated rings. The van der Waals surface area contributed by atoms with Crippen LogP contribution in [0.2, 0.25) is 0 Å². The van der Waals surface area contributed by atoms with Crippen molar-refractivity contribution in [2.75, 3.05) is 7.05 Å². The molecular weight excluding hydrogens is 392 g/mol. The molecule has 2 aromatic heterocycles. The zero-order chi connectivity index (χ0) is 21.1. The third-order valence-electron chi connectivity index (χ3n) is 5.17. The largest absolute Gasteiger partial charge is 0.341 e. The minimum absolute atomic E-state index is 0.0474. The number of likely N-dealkylation sites (N-methyl/N-ethyl adjacent to an activating group) is 1. The quantitative estimate of drug-likeness (QED) is 0.453. The number of hydrogen-bond donors (Lipinski definition) is 0. The van der Waals surface area contributed by atoms with Gasteiger partial charge in [0.25, 0.3) is 0 Å². The molecule has 0 N–H and O–H groups in total. The Kier molecular flexibility index (Phi) is 5.77. The van der Waals surface area contributed by atoms with E-state index >= 15 is 0 Å². The summed E-state index contributed by atoms with van der Waals surface area (Å²) in [7, 11) is 1.84. The summed E-state index contributed by atoms with van der Waals surface area (Å²) in [5, 5.41) is 7.59. The summed E-state index contributed by atoms with van der Waals surface area (Å²) in [4.78, 5) is 19.2. The Morgan fingerprint density at radius 1 is 1.03 bits per heavy atom. The van der Waals surface area contributed by atoms with Gasteiger partial charge in [0.1, 0.15) is 5.01 Å². The second-order valence-electron chi connectivity index (χ2n) is 7.33. The molecule has 6 heteroatoms. The van der Waals surface area contributed by atoms with Crippen LogP contribution in [0.5, 0.6) is 0 Å². The van der Waals surface area contributed by atoms with Gasteiger partial charge in [-0.2, -0.15) is 5.10 Å². The van der Waals surface area contributed by atoms with Crippen LogP contribution >= 0.6 is 11.3 Å². The lowest BCUT2D eigenvalue weighted by molar-refractivity contribution is -0.129. The Morgan fingerprint density at radius 3 is 2.40 bits per heavy atom. The second kappa shape index (κ2) is 8.63. The Morgan fingerprint density at radius 2 is 1.70 bits per heavy atom. The van der Waals surface area contributed by atoms with Crippen molar-refractivity contribution in [1.82, 2.24) is 19.7 Å². The first-order chi connectivity index (χ1) is 14.5. The summed E-state index contributed by atoms with van der Waals surface area (Å²) >= 11 is 1.57. The van der Waals surface area contributed by atoms with Crippen LogP contribution in [0.3, 0.4) is 0 Å². The summed E-state index contributed by atoms with van der Waals surface area (Å²) in [5.41, 5.74) is 5.99. The summed E-state index contributed by atoms with van der Waals surface area (Å²) in [6.07, 6.45) is 0.296. The molecule has 2 heterocycles. The van der Waals surface area contributed by atoms with E-state index in [4.69, 9.17) is 0 Å². The standard InChI is InChI=1S/C24H24N4OS/c1-17-22(18(2)28(26-17)21-12-8-5-9-13-21)15-27(3)23(29)14-20-16-30-24(25-20)19-10-6-4-7-11-19/h4-13,16H,14-15H2,1-3H3. The number of aromatic nitrogens is 3. The van der Waals surface area contributed by atoms with E-state index in [1.807, 2.05) is 91.6 Å². The van der Waals surface area contributed by atoms with Crippen LogP contribution in [-0.2, 0) is 17.8 Å². The second-order valence-corrected chi connectivity index (χ2v) is 8.19. The van der Waals surface area contributed by atoms with Crippen molar-refractivity contribution < 1.29 is 4.79 Å². The zero-order valence-electron chi connectivity index (χ0n) is 17.4. The van der Waals surface area contributed by atoms with Crippen LogP contribution in [0.25, 0.3) is 16.3 Å². The van der Waals surface area contributed by atoms with Gasteiger partial charge in [-0.3, -0.25) is 4.79 Å². The number of aryl methyl sites for hydroxylation is 1. The molecule has 0 aliphatic rings. The number of carbonyl (C=O) groups excluding carboxylic acids is 1. The van der Waals surface area contributed by atoms with Crippen molar-refractivity contribution >= 4 is 17.2 Å². The van der Waals surface area contributed by atoms with Crippen molar-refractivity contribution in [3.05, 3.63) is 88.7 Å². The highest BCUT2D eigenvalue weighted by Crippen LogP contribution is 2.24. The molecule has 4 aromatic rings. The molecule has 0 atom stereocenters. The smallest absolute Gasteiger partial charge is 0.228 e. The van der Waals surface area contributed by atoms with Gasteiger partial charge in [0, 0.05) is 35.8 Å². The van der Waals surface area contributed by atoms with Crippen molar-refractivity contribution in [2.45, 2.75) is 26.8 Å². The molecule has 0 unspecified atom stereocenters. The summed E-state index contributed by atoms with van der Waals surface area (Å²) in [6.45, 7) is 4.57. The SMILES string of the molecule is Cc1nn(-c2ccccc2)c(C)c1CN(C)C(=O)Cc1csc(-c2ccccc2)n1. The molecule has 4 rings (SSSR count). The number of amides is 1. The van der Waals surface area contributed by atoms with Gasteiger partial charge in [0.15, 0.2) is 0 Å². The average Bonchev–Trinajstić information content (AvgIpc) is 3.35. The highest BCUT2D eigenvalue weighted by Gasteiger charge is 2.18. The van der Waals surface area contributed by atoms with Gasteiger partial charge >= 0.3 is 0 Å². The van der Waals surface area contributed by atoms with Gasteiger partial charge in [-0.25, -0.2) is 9.67 Å². The third kappa shape index (κ3) is 4.19. The lowest BCUT2D eigenvalue weighted by atomic mass is 10.1. The van der Waals surface area contributed by atoms with Crippen molar-refractivity contribution in [2.24, 2.45) is 0 Å². The molecule has 0 spiro atoms. The molecule has 30 heavy (non-hydrogen) atoms. The third-order valence-corrected chi connectivity index (χ3v) is 6.11. The predicted molar refractivity (Wildman–Crippen MR) is 121 cm³/mol. The van der Waals surface area contributed by atoms with E-state index in [2.05, 4.69) is 10.1 Å². The molecule has 0 saturated carbocycles. The molecule has 0 aliphatic heterocycles. The monoisotopic (exact) mass is 416 g/mol. The van der Waals surface area contributed by atoms with Crippen LogP contribution in [0.15, 0.2) is 66.0 Å². The van der Waals surface area contributed by atoms with E-state index < -0.39 is 0 Å². The van der Waals surface area contributed by atoms with Crippen LogP contribution in [-0.4, -0.2) is 32.6 Å². The average molecular weight is 417 g/mol. The van der Waals surface area contributed by atoms with Crippen molar-refractivity contribution in [3.63, 3.8) is 0 Å². The molecular formula is C24H24N4OS. The predicted octanol–water partition coefficient (Wildman–Crippen LogP) is 4.81. The number of para-hydroxylation sites is 1.